The van der Waals surface area contributed by atoms with Crippen LogP contribution in [0.15, 0.2) is 41.8 Å². The standard InChI is InChI=1S/C16H21NS/c1-12(15-10-7-11-18-15)17-14-9-6-5-8-13(14)16(2,3)4/h5-12,17H,1-4H3. The van der Waals surface area contributed by atoms with Gasteiger partial charge in [-0.25, -0.2) is 0 Å². The number of thiophene rings is 1. The van der Waals surface area contributed by atoms with Gasteiger partial charge in [0.15, 0.2) is 0 Å². The Balaban J connectivity index is 2.24. The number of benzene rings is 1. The van der Waals surface area contributed by atoms with Gasteiger partial charge in [0.25, 0.3) is 0 Å². The van der Waals surface area contributed by atoms with Crippen LogP contribution in [0.4, 0.5) is 5.69 Å². The number of rotatable bonds is 3. The highest BCUT2D eigenvalue weighted by molar-refractivity contribution is 7.10. The first-order chi connectivity index (χ1) is 8.48. The molecule has 2 aromatic rings. The van der Waals surface area contributed by atoms with Crippen LogP contribution in [0.3, 0.4) is 0 Å². The minimum atomic E-state index is 0.165. The lowest BCUT2D eigenvalue weighted by molar-refractivity contribution is 0.591. The first-order valence-corrected chi connectivity index (χ1v) is 7.26. The summed E-state index contributed by atoms with van der Waals surface area (Å²) in [6.07, 6.45) is 0. The van der Waals surface area contributed by atoms with E-state index < -0.39 is 0 Å². The van der Waals surface area contributed by atoms with Gasteiger partial charge in [-0.2, -0.15) is 0 Å². The molecule has 0 saturated heterocycles. The minimum Gasteiger partial charge on any atom is -0.377 e. The second kappa shape index (κ2) is 5.15. The summed E-state index contributed by atoms with van der Waals surface area (Å²) in [5, 5.41) is 5.76. The van der Waals surface area contributed by atoms with E-state index in [9.17, 15) is 0 Å². The van der Waals surface area contributed by atoms with Crippen molar-refractivity contribution < 1.29 is 0 Å². The Morgan fingerprint density at radius 3 is 2.39 bits per heavy atom. The van der Waals surface area contributed by atoms with Crippen LogP contribution >= 0.6 is 11.3 Å². The molecule has 0 bridgehead atoms. The van der Waals surface area contributed by atoms with Crippen molar-refractivity contribution in [2.24, 2.45) is 0 Å². The molecular weight excluding hydrogens is 238 g/mol. The number of anilines is 1. The molecule has 1 N–H and O–H groups in total. The van der Waals surface area contributed by atoms with Crippen molar-refractivity contribution in [1.82, 2.24) is 0 Å². The molecular formula is C16H21NS. The molecule has 1 aromatic carbocycles. The van der Waals surface area contributed by atoms with Gasteiger partial charge in [-0.1, -0.05) is 45.0 Å². The molecule has 2 heteroatoms. The maximum Gasteiger partial charge on any atom is 0.0578 e. The van der Waals surface area contributed by atoms with E-state index in [-0.39, 0.29) is 5.41 Å². The van der Waals surface area contributed by atoms with Gasteiger partial charge >= 0.3 is 0 Å². The lowest BCUT2D eigenvalue weighted by atomic mass is 9.85. The summed E-state index contributed by atoms with van der Waals surface area (Å²) in [5.74, 6) is 0. The molecule has 0 aliphatic heterocycles. The molecule has 1 nitrogen and oxygen atoms in total. The molecule has 2 rings (SSSR count). The molecule has 0 saturated carbocycles. The van der Waals surface area contributed by atoms with E-state index in [1.54, 1.807) is 11.3 Å². The molecule has 0 amide bonds. The van der Waals surface area contributed by atoms with E-state index in [0.717, 1.165) is 0 Å². The average molecular weight is 259 g/mol. The predicted molar refractivity (Wildman–Crippen MR) is 81.5 cm³/mol. The summed E-state index contributed by atoms with van der Waals surface area (Å²) in [6, 6.07) is 13.2. The lowest BCUT2D eigenvalue weighted by Gasteiger charge is -2.25. The summed E-state index contributed by atoms with van der Waals surface area (Å²) in [5.41, 5.74) is 2.78. The molecule has 0 aliphatic rings. The second-order valence-corrected chi connectivity index (χ2v) is 6.66. The highest BCUT2D eigenvalue weighted by Gasteiger charge is 2.18. The van der Waals surface area contributed by atoms with Crippen LogP contribution in [0.2, 0.25) is 0 Å². The zero-order valence-electron chi connectivity index (χ0n) is 11.5. The summed E-state index contributed by atoms with van der Waals surface area (Å²) < 4.78 is 0. The fraction of sp³-hybridized carbons (Fsp3) is 0.375. The van der Waals surface area contributed by atoms with Crippen LogP contribution in [0.5, 0.6) is 0 Å². The average Bonchev–Trinajstić information content (AvgIpc) is 2.81. The van der Waals surface area contributed by atoms with Gasteiger partial charge in [0, 0.05) is 10.6 Å². The Morgan fingerprint density at radius 1 is 1.06 bits per heavy atom. The van der Waals surface area contributed by atoms with E-state index in [1.165, 1.54) is 16.1 Å². The summed E-state index contributed by atoms with van der Waals surface area (Å²) in [7, 11) is 0. The number of nitrogens with one attached hydrogen (secondary N) is 1. The largest absolute Gasteiger partial charge is 0.377 e. The Hall–Kier alpha value is -1.28. The third kappa shape index (κ3) is 2.94. The molecule has 1 atom stereocenters. The van der Waals surface area contributed by atoms with Gasteiger partial charge in [0.2, 0.25) is 0 Å². The summed E-state index contributed by atoms with van der Waals surface area (Å²) in [6.45, 7) is 8.97. The molecule has 1 aromatic heterocycles. The quantitative estimate of drug-likeness (QED) is 0.797. The van der Waals surface area contributed by atoms with Crippen molar-refractivity contribution >= 4 is 17.0 Å². The van der Waals surface area contributed by atoms with Crippen LogP contribution in [0, 0.1) is 0 Å². The molecule has 18 heavy (non-hydrogen) atoms. The Kier molecular flexibility index (Phi) is 3.76. The highest BCUT2D eigenvalue weighted by Crippen LogP contribution is 2.32. The van der Waals surface area contributed by atoms with Crippen molar-refractivity contribution in [3.63, 3.8) is 0 Å². The Bertz CT molecular complexity index is 494. The zero-order valence-corrected chi connectivity index (χ0v) is 12.3. The molecule has 0 spiro atoms. The van der Waals surface area contributed by atoms with Crippen LogP contribution in [-0.4, -0.2) is 0 Å². The van der Waals surface area contributed by atoms with Gasteiger partial charge in [-0.05, 0) is 35.4 Å². The van der Waals surface area contributed by atoms with Crippen molar-refractivity contribution in [3.8, 4) is 0 Å². The van der Waals surface area contributed by atoms with E-state index in [1.807, 2.05) is 0 Å². The first kappa shape index (κ1) is 13.2. The fourth-order valence-electron chi connectivity index (χ4n) is 2.11. The SMILES string of the molecule is CC(Nc1ccccc1C(C)(C)C)c1cccs1. The number of para-hydroxylation sites is 1. The van der Waals surface area contributed by atoms with E-state index in [4.69, 9.17) is 0 Å². The third-order valence-corrected chi connectivity index (χ3v) is 4.13. The highest BCUT2D eigenvalue weighted by atomic mass is 32.1. The molecule has 1 unspecified atom stereocenters. The van der Waals surface area contributed by atoms with Gasteiger partial charge in [-0.15, -0.1) is 11.3 Å². The van der Waals surface area contributed by atoms with Gasteiger partial charge in [-0.3, -0.25) is 0 Å². The van der Waals surface area contributed by atoms with Gasteiger partial charge in [0.05, 0.1) is 6.04 Å². The van der Waals surface area contributed by atoms with Crippen molar-refractivity contribution in [2.45, 2.75) is 39.2 Å². The maximum atomic E-state index is 3.63. The van der Waals surface area contributed by atoms with Crippen LogP contribution in [0.25, 0.3) is 0 Å². The smallest absolute Gasteiger partial charge is 0.0578 e. The zero-order chi connectivity index (χ0) is 13.2. The van der Waals surface area contributed by atoms with Crippen LogP contribution in [-0.2, 0) is 5.41 Å². The topological polar surface area (TPSA) is 12.0 Å². The summed E-state index contributed by atoms with van der Waals surface area (Å²) in [4.78, 5) is 1.37. The van der Waals surface area contributed by atoms with Crippen molar-refractivity contribution in [1.29, 1.82) is 0 Å². The van der Waals surface area contributed by atoms with E-state index in [0.29, 0.717) is 6.04 Å². The summed E-state index contributed by atoms with van der Waals surface area (Å²) >= 11 is 1.80. The van der Waals surface area contributed by atoms with E-state index >= 15 is 0 Å². The molecule has 0 fully saturated rings. The van der Waals surface area contributed by atoms with Crippen LogP contribution < -0.4 is 5.32 Å². The second-order valence-electron chi connectivity index (χ2n) is 5.68. The number of hydrogen-bond donors (Lipinski definition) is 1. The Labute approximate surface area is 114 Å². The van der Waals surface area contributed by atoms with Crippen molar-refractivity contribution in [2.75, 3.05) is 5.32 Å². The lowest BCUT2D eigenvalue weighted by Crippen LogP contribution is -2.16. The normalized spacial score (nSPS) is 13.3. The maximum absolute atomic E-state index is 3.63. The Morgan fingerprint density at radius 2 is 1.78 bits per heavy atom. The molecule has 96 valence electrons. The third-order valence-electron chi connectivity index (χ3n) is 3.08. The van der Waals surface area contributed by atoms with Gasteiger partial charge < -0.3 is 5.32 Å². The molecule has 1 heterocycles. The van der Waals surface area contributed by atoms with E-state index in [2.05, 4.69) is 74.8 Å². The predicted octanol–water partition coefficient (Wildman–Crippen LogP) is 5.22. The van der Waals surface area contributed by atoms with Crippen LogP contribution in [0.1, 0.15) is 44.2 Å². The van der Waals surface area contributed by atoms with Crippen molar-refractivity contribution in [3.05, 3.63) is 52.2 Å². The fourth-order valence-corrected chi connectivity index (χ4v) is 2.84. The first-order valence-electron chi connectivity index (χ1n) is 6.38. The minimum absolute atomic E-state index is 0.165. The number of hydrogen-bond acceptors (Lipinski definition) is 2. The molecule has 0 aliphatic carbocycles. The molecule has 0 radical (unpaired) electrons. The monoisotopic (exact) mass is 259 g/mol. The van der Waals surface area contributed by atoms with Gasteiger partial charge in [0.1, 0.15) is 0 Å².